The molecule has 0 saturated carbocycles. The van der Waals surface area contributed by atoms with Crippen LogP contribution in [0.3, 0.4) is 0 Å². The molecule has 0 fully saturated rings. The molecule has 3 aromatic rings. The van der Waals surface area contributed by atoms with Gasteiger partial charge in [-0.25, -0.2) is 14.3 Å². The molecule has 3 rings (SSSR count). The number of fused-ring (bicyclic) bond motifs is 1. The lowest BCUT2D eigenvalue weighted by atomic mass is 10.1. The average molecular weight is 322 g/mol. The SMILES string of the molecule is NC(=O)n1c(O)c(C(=O)c2cccs2)c2cc(Cl)ncc21. The van der Waals surface area contributed by atoms with Crippen LogP contribution in [0, 0.1) is 0 Å². The summed E-state index contributed by atoms with van der Waals surface area (Å²) in [6, 6.07) is 3.85. The maximum atomic E-state index is 12.5. The van der Waals surface area contributed by atoms with Crippen molar-refractivity contribution in [3.8, 4) is 5.88 Å². The molecule has 0 aliphatic heterocycles. The normalized spacial score (nSPS) is 10.9. The van der Waals surface area contributed by atoms with Crippen LogP contribution in [0.5, 0.6) is 5.88 Å². The Morgan fingerprint density at radius 3 is 2.81 bits per heavy atom. The van der Waals surface area contributed by atoms with E-state index in [9.17, 15) is 14.7 Å². The van der Waals surface area contributed by atoms with Crippen LogP contribution in [-0.2, 0) is 0 Å². The quantitative estimate of drug-likeness (QED) is 0.560. The monoisotopic (exact) mass is 321 g/mol. The first kappa shape index (κ1) is 13.6. The fourth-order valence-corrected chi connectivity index (χ4v) is 2.95. The van der Waals surface area contributed by atoms with E-state index in [-0.39, 0.29) is 16.2 Å². The Morgan fingerprint density at radius 2 is 2.19 bits per heavy atom. The third-order valence-corrected chi connectivity index (χ3v) is 4.06. The number of carbonyl (C=O) groups excluding carboxylic acids is 2. The second kappa shape index (κ2) is 4.87. The van der Waals surface area contributed by atoms with Crippen LogP contribution in [0.15, 0.2) is 29.8 Å². The Kier molecular flexibility index (Phi) is 3.15. The van der Waals surface area contributed by atoms with E-state index in [0.717, 1.165) is 4.57 Å². The topological polar surface area (TPSA) is 98.2 Å². The van der Waals surface area contributed by atoms with Crippen LogP contribution in [0.25, 0.3) is 10.9 Å². The van der Waals surface area contributed by atoms with Gasteiger partial charge in [0, 0.05) is 5.39 Å². The number of nitrogens with two attached hydrogens (primary N) is 1. The predicted octanol–water partition coefficient (Wildman–Crippen LogP) is 2.61. The van der Waals surface area contributed by atoms with Crippen molar-refractivity contribution in [2.24, 2.45) is 5.73 Å². The molecule has 0 bridgehead atoms. The summed E-state index contributed by atoms with van der Waals surface area (Å²) in [5.41, 5.74) is 5.45. The summed E-state index contributed by atoms with van der Waals surface area (Å²) >= 11 is 7.06. The maximum Gasteiger partial charge on any atom is 0.326 e. The lowest BCUT2D eigenvalue weighted by molar-refractivity contribution is 0.104. The van der Waals surface area contributed by atoms with Crippen LogP contribution < -0.4 is 5.73 Å². The Bertz CT molecular complexity index is 871. The molecule has 0 aromatic carbocycles. The van der Waals surface area contributed by atoms with Gasteiger partial charge in [-0.3, -0.25) is 4.79 Å². The van der Waals surface area contributed by atoms with Crippen molar-refractivity contribution >= 4 is 45.7 Å². The van der Waals surface area contributed by atoms with Gasteiger partial charge < -0.3 is 10.8 Å². The molecule has 0 saturated heterocycles. The molecule has 0 unspecified atom stereocenters. The van der Waals surface area contributed by atoms with Gasteiger partial charge in [-0.2, -0.15) is 0 Å². The highest BCUT2D eigenvalue weighted by Crippen LogP contribution is 2.34. The highest BCUT2D eigenvalue weighted by atomic mass is 35.5. The minimum absolute atomic E-state index is 0.0180. The zero-order chi connectivity index (χ0) is 15.1. The number of thiophene rings is 1. The lowest BCUT2D eigenvalue weighted by Gasteiger charge is -2.00. The van der Waals surface area contributed by atoms with Crippen LogP contribution in [0.2, 0.25) is 5.15 Å². The Hall–Kier alpha value is -2.38. The Labute approximate surface area is 127 Å². The number of hydrogen-bond acceptors (Lipinski definition) is 5. The molecule has 3 aromatic heterocycles. The van der Waals surface area contributed by atoms with E-state index in [2.05, 4.69) is 4.98 Å². The van der Waals surface area contributed by atoms with Crippen molar-refractivity contribution in [1.29, 1.82) is 0 Å². The van der Waals surface area contributed by atoms with Gasteiger partial charge in [0.1, 0.15) is 5.15 Å². The van der Waals surface area contributed by atoms with E-state index in [1.54, 1.807) is 17.5 Å². The Morgan fingerprint density at radius 1 is 1.43 bits per heavy atom. The van der Waals surface area contributed by atoms with Crippen molar-refractivity contribution in [2.45, 2.75) is 0 Å². The summed E-state index contributed by atoms with van der Waals surface area (Å²) in [4.78, 5) is 28.3. The van der Waals surface area contributed by atoms with Crippen LogP contribution in [0.1, 0.15) is 15.2 Å². The summed E-state index contributed by atoms with van der Waals surface area (Å²) in [5.74, 6) is -0.922. The highest BCUT2D eigenvalue weighted by Gasteiger charge is 2.26. The molecule has 0 spiro atoms. The van der Waals surface area contributed by atoms with E-state index in [1.807, 2.05) is 0 Å². The van der Waals surface area contributed by atoms with Gasteiger partial charge in [-0.15, -0.1) is 11.3 Å². The molecule has 6 nitrogen and oxygen atoms in total. The number of aromatic hydroxyl groups is 1. The third kappa shape index (κ3) is 2.07. The zero-order valence-corrected chi connectivity index (χ0v) is 12.0. The number of aromatic nitrogens is 2. The average Bonchev–Trinajstić information content (AvgIpc) is 3.03. The van der Waals surface area contributed by atoms with Gasteiger partial charge in [0.15, 0.2) is 0 Å². The van der Waals surface area contributed by atoms with Crippen molar-refractivity contribution in [2.75, 3.05) is 0 Å². The summed E-state index contributed by atoms with van der Waals surface area (Å²) in [6.45, 7) is 0. The van der Waals surface area contributed by atoms with E-state index < -0.39 is 17.7 Å². The number of rotatable bonds is 2. The lowest BCUT2D eigenvalue weighted by Crippen LogP contribution is -2.19. The second-order valence-corrected chi connectivity index (χ2v) is 5.54. The van der Waals surface area contributed by atoms with Gasteiger partial charge in [0.2, 0.25) is 11.7 Å². The number of carbonyl (C=O) groups is 2. The summed E-state index contributed by atoms with van der Waals surface area (Å²) in [5, 5.41) is 12.4. The summed E-state index contributed by atoms with van der Waals surface area (Å²) in [7, 11) is 0. The fourth-order valence-electron chi connectivity index (χ4n) is 2.13. The molecule has 1 amide bonds. The Balaban J connectivity index is 2.36. The smallest absolute Gasteiger partial charge is 0.326 e. The van der Waals surface area contributed by atoms with Gasteiger partial charge in [0.05, 0.1) is 22.2 Å². The summed E-state index contributed by atoms with van der Waals surface area (Å²) < 4.78 is 0.833. The molecule has 21 heavy (non-hydrogen) atoms. The molecule has 3 N–H and O–H groups in total. The van der Waals surface area contributed by atoms with Gasteiger partial charge in [-0.1, -0.05) is 17.7 Å². The number of primary amides is 1. The number of amides is 1. The molecule has 0 radical (unpaired) electrons. The molecule has 0 aliphatic rings. The number of halogens is 1. The first-order chi connectivity index (χ1) is 10.0. The van der Waals surface area contributed by atoms with E-state index in [0.29, 0.717) is 10.3 Å². The molecule has 3 heterocycles. The van der Waals surface area contributed by atoms with E-state index >= 15 is 0 Å². The van der Waals surface area contributed by atoms with Crippen molar-refractivity contribution < 1.29 is 14.7 Å². The first-order valence-electron chi connectivity index (χ1n) is 5.77. The molecule has 8 heteroatoms. The van der Waals surface area contributed by atoms with Crippen molar-refractivity contribution in [3.05, 3.63) is 45.4 Å². The van der Waals surface area contributed by atoms with Crippen molar-refractivity contribution in [1.82, 2.24) is 9.55 Å². The number of pyridine rings is 1. The minimum Gasteiger partial charge on any atom is -0.494 e. The number of hydrogen-bond donors (Lipinski definition) is 2. The zero-order valence-electron chi connectivity index (χ0n) is 10.4. The maximum absolute atomic E-state index is 12.5. The fraction of sp³-hybridized carbons (Fsp3) is 0. The molecular weight excluding hydrogens is 314 g/mol. The highest BCUT2D eigenvalue weighted by molar-refractivity contribution is 7.12. The van der Waals surface area contributed by atoms with Gasteiger partial charge in [0.25, 0.3) is 0 Å². The second-order valence-electron chi connectivity index (χ2n) is 4.20. The standard InChI is InChI=1S/C13H8ClN3O3S/c14-9-4-6-7(5-16-9)17(13(15)20)12(19)10(6)11(18)8-2-1-3-21-8/h1-5,19H,(H2,15,20). The number of ketones is 1. The van der Waals surface area contributed by atoms with Crippen LogP contribution in [-0.4, -0.2) is 26.5 Å². The minimum atomic E-state index is -0.910. The van der Waals surface area contributed by atoms with Crippen LogP contribution >= 0.6 is 22.9 Å². The van der Waals surface area contributed by atoms with Crippen molar-refractivity contribution in [3.63, 3.8) is 0 Å². The van der Waals surface area contributed by atoms with E-state index in [4.69, 9.17) is 17.3 Å². The molecule has 0 aliphatic carbocycles. The number of nitrogens with zero attached hydrogens (tertiary/aromatic N) is 2. The largest absolute Gasteiger partial charge is 0.494 e. The van der Waals surface area contributed by atoms with Gasteiger partial charge in [-0.05, 0) is 17.5 Å². The van der Waals surface area contributed by atoms with Crippen LogP contribution in [0.4, 0.5) is 4.79 Å². The predicted molar refractivity (Wildman–Crippen MR) is 79.1 cm³/mol. The van der Waals surface area contributed by atoms with E-state index in [1.165, 1.54) is 23.6 Å². The van der Waals surface area contributed by atoms with Gasteiger partial charge >= 0.3 is 6.03 Å². The molecule has 106 valence electrons. The molecule has 0 atom stereocenters. The first-order valence-corrected chi connectivity index (χ1v) is 7.03. The summed E-state index contributed by atoms with van der Waals surface area (Å²) in [6.07, 6.45) is 1.29. The third-order valence-electron chi connectivity index (χ3n) is 2.99. The molecular formula is C13H8ClN3O3S.